The number of nitrogens with zero attached hydrogens (tertiary/aromatic N) is 3. The molecule has 0 saturated carbocycles. The molecule has 2 aromatic heterocycles. The summed E-state index contributed by atoms with van der Waals surface area (Å²) in [4.78, 5) is 8.15. The van der Waals surface area contributed by atoms with E-state index in [0.717, 1.165) is 31.6 Å². The maximum absolute atomic E-state index is 5.87. The monoisotopic (exact) mass is 326 g/mol. The van der Waals surface area contributed by atoms with Crippen molar-refractivity contribution in [3.05, 3.63) is 52.2 Å². The van der Waals surface area contributed by atoms with Gasteiger partial charge in [0.05, 0.1) is 6.04 Å². The highest BCUT2D eigenvalue weighted by Crippen LogP contribution is 2.33. The SMILES string of the molecule is CCn1c2c(c3c1CCC=C3)CC(Nc1ccnc(Cl)n1)C=C2. The number of rotatable bonds is 3. The summed E-state index contributed by atoms with van der Waals surface area (Å²) in [5.74, 6) is 0.766. The normalized spacial score (nSPS) is 18.6. The molecule has 5 heteroatoms. The van der Waals surface area contributed by atoms with E-state index < -0.39 is 0 Å². The van der Waals surface area contributed by atoms with Gasteiger partial charge in [-0.2, -0.15) is 0 Å². The molecule has 0 aliphatic heterocycles. The van der Waals surface area contributed by atoms with Crippen LogP contribution in [0.1, 0.15) is 35.9 Å². The third-order valence-corrected chi connectivity index (χ3v) is 4.76. The van der Waals surface area contributed by atoms with E-state index in [1.54, 1.807) is 6.20 Å². The second kappa shape index (κ2) is 5.85. The number of anilines is 1. The van der Waals surface area contributed by atoms with Crippen molar-refractivity contribution in [2.45, 2.75) is 38.8 Å². The minimum atomic E-state index is 0.223. The van der Waals surface area contributed by atoms with Crippen molar-refractivity contribution in [3.8, 4) is 0 Å². The highest BCUT2D eigenvalue weighted by atomic mass is 35.5. The van der Waals surface area contributed by atoms with Crippen molar-refractivity contribution in [3.63, 3.8) is 0 Å². The number of halogens is 1. The predicted molar refractivity (Wildman–Crippen MR) is 94.7 cm³/mol. The molecule has 0 spiro atoms. The van der Waals surface area contributed by atoms with E-state index in [0.29, 0.717) is 0 Å². The summed E-state index contributed by atoms with van der Waals surface area (Å²) in [6.07, 6.45) is 14.0. The second-order valence-electron chi connectivity index (χ2n) is 5.93. The van der Waals surface area contributed by atoms with Gasteiger partial charge in [0.15, 0.2) is 0 Å². The number of hydrogen-bond donors (Lipinski definition) is 1. The second-order valence-corrected chi connectivity index (χ2v) is 6.27. The van der Waals surface area contributed by atoms with Crippen LogP contribution in [0.15, 0.2) is 24.4 Å². The Morgan fingerprint density at radius 2 is 2.30 bits per heavy atom. The first kappa shape index (κ1) is 14.5. The van der Waals surface area contributed by atoms with Crippen LogP contribution in [0.4, 0.5) is 5.82 Å². The first-order valence-corrected chi connectivity index (χ1v) is 8.48. The van der Waals surface area contributed by atoms with Crippen LogP contribution in [0.2, 0.25) is 5.28 Å². The van der Waals surface area contributed by atoms with Crippen molar-refractivity contribution in [2.24, 2.45) is 0 Å². The summed E-state index contributed by atoms with van der Waals surface area (Å²) >= 11 is 5.87. The van der Waals surface area contributed by atoms with E-state index in [1.807, 2.05) is 6.07 Å². The molecule has 4 rings (SSSR count). The van der Waals surface area contributed by atoms with Gasteiger partial charge in [-0.25, -0.2) is 9.97 Å². The Hall–Kier alpha value is -2.07. The maximum Gasteiger partial charge on any atom is 0.224 e. The first-order chi connectivity index (χ1) is 11.3. The molecule has 118 valence electrons. The summed E-state index contributed by atoms with van der Waals surface area (Å²) in [7, 11) is 0. The molecule has 0 radical (unpaired) electrons. The zero-order valence-corrected chi connectivity index (χ0v) is 13.8. The van der Waals surface area contributed by atoms with Crippen molar-refractivity contribution in [1.82, 2.24) is 14.5 Å². The fourth-order valence-corrected chi connectivity index (χ4v) is 3.77. The highest BCUT2D eigenvalue weighted by molar-refractivity contribution is 6.28. The summed E-state index contributed by atoms with van der Waals surface area (Å²) in [6, 6.07) is 2.07. The Balaban J connectivity index is 1.65. The minimum absolute atomic E-state index is 0.223. The summed E-state index contributed by atoms with van der Waals surface area (Å²) in [6.45, 7) is 3.25. The topological polar surface area (TPSA) is 42.7 Å². The van der Waals surface area contributed by atoms with E-state index in [-0.39, 0.29) is 11.3 Å². The molecule has 2 aromatic rings. The molecule has 23 heavy (non-hydrogen) atoms. The molecule has 0 amide bonds. The van der Waals surface area contributed by atoms with E-state index >= 15 is 0 Å². The van der Waals surface area contributed by atoms with Crippen LogP contribution in [0.3, 0.4) is 0 Å². The summed E-state index contributed by atoms with van der Waals surface area (Å²) in [5.41, 5.74) is 5.71. The Bertz CT molecular complexity index is 804. The molecule has 0 aromatic carbocycles. The van der Waals surface area contributed by atoms with E-state index in [1.165, 1.54) is 22.5 Å². The van der Waals surface area contributed by atoms with Gasteiger partial charge in [0.25, 0.3) is 0 Å². The van der Waals surface area contributed by atoms with Crippen LogP contribution >= 0.6 is 11.6 Å². The fourth-order valence-electron chi connectivity index (χ4n) is 3.62. The molecule has 1 N–H and O–H groups in total. The molecule has 2 heterocycles. The predicted octanol–water partition coefficient (Wildman–Crippen LogP) is 3.96. The van der Waals surface area contributed by atoms with Crippen LogP contribution in [0.5, 0.6) is 0 Å². The molecule has 2 aliphatic rings. The zero-order chi connectivity index (χ0) is 15.8. The van der Waals surface area contributed by atoms with Gasteiger partial charge in [0, 0.05) is 24.1 Å². The quantitative estimate of drug-likeness (QED) is 0.868. The zero-order valence-electron chi connectivity index (χ0n) is 13.1. The molecular formula is C18H19ClN4. The molecule has 2 aliphatic carbocycles. The lowest BCUT2D eigenvalue weighted by Gasteiger charge is -2.20. The molecule has 1 atom stereocenters. The van der Waals surface area contributed by atoms with Crippen LogP contribution in [0.25, 0.3) is 12.2 Å². The Kier molecular flexibility index (Phi) is 3.69. The smallest absolute Gasteiger partial charge is 0.224 e. The third kappa shape index (κ3) is 2.57. The molecule has 1 unspecified atom stereocenters. The number of nitrogens with one attached hydrogen (secondary N) is 1. The molecule has 4 nitrogen and oxygen atoms in total. The molecule has 0 bridgehead atoms. The van der Waals surface area contributed by atoms with Crippen molar-refractivity contribution >= 4 is 29.6 Å². The number of allylic oxidation sites excluding steroid dienone is 1. The van der Waals surface area contributed by atoms with Crippen LogP contribution in [0, 0.1) is 0 Å². The lowest BCUT2D eigenvalue weighted by molar-refractivity contribution is 0.696. The third-order valence-electron chi connectivity index (χ3n) is 4.58. The number of aromatic nitrogens is 3. The first-order valence-electron chi connectivity index (χ1n) is 8.10. The minimum Gasteiger partial charge on any atom is -0.363 e. The van der Waals surface area contributed by atoms with Gasteiger partial charge >= 0.3 is 0 Å². The van der Waals surface area contributed by atoms with E-state index in [4.69, 9.17) is 11.6 Å². The fraction of sp³-hybridized carbons (Fsp3) is 0.333. The summed E-state index contributed by atoms with van der Waals surface area (Å²) in [5, 5.41) is 3.71. The maximum atomic E-state index is 5.87. The van der Waals surface area contributed by atoms with Crippen LogP contribution < -0.4 is 5.32 Å². The number of fused-ring (bicyclic) bond motifs is 3. The van der Waals surface area contributed by atoms with Gasteiger partial charge < -0.3 is 9.88 Å². The van der Waals surface area contributed by atoms with Crippen LogP contribution in [-0.4, -0.2) is 20.6 Å². The largest absolute Gasteiger partial charge is 0.363 e. The summed E-state index contributed by atoms with van der Waals surface area (Å²) < 4.78 is 2.46. The van der Waals surface area contributed by atoms with Gasteiger partial charge in [-0.3, -0.25) is 0 Å². The Morgan fingerprint density at radius 3 is 3.13 bits per heavy atom. The lowest BCUT2D eigenvalue weighted by atomic mass is 9.93. The van der Waals surface area contributed by atoms with E-state index in [9.17, 15) is 0 Å². The van der Waals surface area contributed by atoms with Gasteiger partial charge in [0.1, 0.15) is 5.82 Å². The van der Waals surface area contributed by atoms with Gasteiger partial charge in [-0.05, 0) is 61.1 Å². The van der Waals surface area contributed by atoms with Gasteiger partial charge in [0.2, 0.25) is 5.28 Å². The molecule has 0 fully saturated rings. The van der Waals surface area contributed by atoms with Crippen molar-refractivity contribution in [2.75, 3.05) is 5.32 Å². The lowest BCUT2D eigenvalue weighted by Crippen LogP contribution is -2.23. The average molecular weight is 327 g/mol. The average Bonchev–Trinajstić information content (AvgIpc) is 2.88. The highest BCUT2D eigenvalue weighted by Gasteiger charge is 2.25. The molecular weight excluding hydrogens is 308 g/mol. The van der Waals surface area contributed by atoms with Crippen LogP contribution in [-0.2, 0) is 19.4 Å². The van der Waals surface area contributed by atoms with E-state index in [2.05, 4.69) is 51.1 Å². The van der Waals surface area contributed by atoms with Crippen molar-refractivity contribution < 1.29 is 0 Å². The molecule has 0 saturated heterocycles. The number of hydrogen-bond acceptors (Lipinski definition) is 3. The van der Waals surface area contributed by atoms with Gasteiger partial charge in [-0.15, -0.1) is 0 Å². The van der Waals surface area contributed by atoms with Crippen molar-refractivity contribution in [1.29, 1.82) is 0 Å². The standard InChI is InChI=1S/C18H19ClN4/c1-2-23-15-6-4-3-5-13(15)14-11-12(7-8-16(14)23)21-17-9-10-20-18(19)22-17/h3,5,7-10,12H,2,4,6,11H2,1H3,(H,20,21,22). The van der Waals surface area contributed by atoms with Gasteiger partial charge in [-0.1, -0.05) is 18.2 Å². The Morgan fingerprint density at radius 1 is 1.39 bits per heavy atom. The Labute approximate surface area is 140 Å².